The Morgan fingerprint density at radius 1 is 0.938 bits per heavy atom. The van der Waals surface area contributed by atoms with Crippen molar-refractivity contribution in [3.63, 3.8) is 0 Å². The number of morpholine rings is 1. The highest BCUT2D eigenvalue weighted by molar-refractivity contribution is 5.79. The Morgan fingerprint density at radius 3 is 2.34 bits per heavy atom. The van der Waals surface area contributed by atoms with Gasteiger partial charge in [0.15, 0.2) is 5.96 Å². The monoisotopic (exact) mass is 440 g/mol. The lowest BCUT2D eigenvalue weighted by Gasteiger charge is -2.26. The summed E-state index contributed by atoms with van der Waals surface area (Å²) in [7, 11) is 0. The molecule has 0 bridgehead atoms. The number of ether oxygens (including phenoxy) is 3. The fraction of sp³-hybridized carbons (Fsp3) is 0.480. The van der Waals surface area contributed by atoms with E-state index in [9.17, 15) is 0 Å². The average Bonchev–Trinajstić information content (AvgIpc) is 2.83. The van der Waals surface area contributed by atoms with Crippen molar-refractivity contribution in [2.75, 3.05) is 52.6 Å². The molecule has 0 aliphatic carbocycles. The van der Waals surface area contributed by atoms with Gasteiger partial charge in [-0.3, -0.25) is 4.90 Å². The number of guanidine groups is 1. The molecule has 1 heterocycles. The summed E-state index contributed by atoms with van der Waals surface area (Å²) in [5, 5.41) is 6.73. The van der Waals surface area contributed by atoms with Gasteiger partial charge in [0.25, 0.3) is 0 Å². The number of hydrogen-bond donors (Lipinski definition) is 2. The van der Waals surface area contributed by atoms with Crippen molar-refractivity contribution in [3.05, 3.63) is 59.7 Å². The third kappa shape index (κ3) is 7.73. The van der Waals surface area contributed by atoms with Crippen LogP contribution < -0.4 is 20.1 Å². The predicted octanol–water partition coefficient (Wildman–Crippen LogP) is 3.05. The Labute approximate surface area is 191 Å². The van der Waals surface area contributed by atoms with Gasteiger partial charge in [0.1, 0.15) is 18.1 Å². The van der Waals surface area contributed by atoms with Crippen LogP contribution in [0.4, 0.5) is 0 Å². The number of nitrogens with one attached hydrogen (secondary N) is 2. The first-order chi connectivity index (χ1) is 15.8. The summed E-state index contributed by atoms with van der Waals surface area (Å²) in [6.45, 7) is 11.8. The predicted molar refractivity (Wildman–Crippen MR) is 128 cm³/mol. The second kappa shape index (κ2) is 13.6. The van der Waals surface area contributed by atoms with Crippen molar-refractivity contribution in [1.82, 2.24) is 15.5 Å². The van der Waals surface area contributed by atoms with Crippen LogP contribution in [0.1, 0.15) is 25.0 Å². The minimum atomic E-state index is 0.538. The lowest BCUT2D eigenvalue weighted by atomic mass is 10.2. The maximum absolute atomic E-state index is 6.09. The molecule has 174 valence electrons. The zero-order valence-electron chi connectivity index (χ0n) is 19.3. The molecule has 0 radical (unpaired) electrons. The Balaban J connectivity index is 1.57. The highest BCUT2D eigenvalue weighted by Gasteiger charge is 2.11. The Bertz CT molecular complexity index is 837. The summed E-state index contributed by atoms with van der Waals surface area (Å²) in [4.78, 5) is 7.15. The van der Waals surface area contributed by atoms with E-state index in [2.05, 4.69) is 34.6 Å². The standard InChI is InChI=1S/C25H36N4O3/c1-3-26-25(27-19-21-9-5-7-11-23(21)31-4-2)28-20-22-10-6-8-12-24(22)32-18-15-29-13-16-30-17-14-29/h5-12H,3-4,13-20H2,1-2H3,(H2,26,27,28). The van der Waals surface area contributed by atoms with E-state index in [1.54, 1.807) is 0 Å². The van der Waals surface area contributed by atoms with Gasteiger partial charge in [-0.25, -0.2) is 4.99 Å². The minimum absolute atomic E-state index is 0.538. The first kappa shape index (κ1) is 23.9. The van der Waals surface area contributed by atoms with Gasteiger partial charge < -0.3 is 24.8 Å². The molecule has 0 aromatic heterocycles. The van der Waals surface area contributed by atoms with E-state index < -0.39 is 0 Å². The molecule has 0 amide bonds. The van der Waals surface area contributed by atoms with E-state index in [0.29, 0.717) is 26.3 Å². The molecule has 0 spiro atoms. The van der Waals surface area contributed by atoms with Gasteiger partial charge in [0.2, 0.25) is 0 Å². The molecular formula is C25H36N4O3. The Hall–Kier alpha value is -2.77. The van der Waals surface area contributed by atoms with Gasteiger partial charge in [0, 0.05) is 43.9 Å². The van der Waals surface area contributed by atoms with Gasteiger partial charge in [-0.05, 0) is 26.0 Å². The topological polar surface area (TPSA) is 67.4 Å². The van der Waals surface area contributed by atoms with Gasteiger partial charge in [-0.2, -0.15) is 0 Å². The van der Waals surface area contributed by atoms with Crippen LogP contribution in [0.3, 0.4) is 0 Å². The fourth-order valence-electron chi connectivity index (χ4n) is 3.52. The molecule has 0 unspecified atom stereocenters. The summed E-state index contributed by atoms with van der Waals surface area (Å²) in [5.74, 6) is 2.56. The van der Waals surface area contributed by atoms with Crippen molar-refractivity contribution >= 4 is 5.96 Å². The summed E-state index contributed by atoms with van der Waals surface area (Å²) >= 11 is 0. The first-order valence-electron chi connectivity index (χ1n) is 11.5. The fourth-order valence-corrected chi connectivity index (χ4v) is 3.52. The summed E-state index contributed by atoms with van der Waals surface area (Å²) in [6, 6.07) is 16.2. The molecule has 1 saturated heterocycles. The molecular weight excluding hydrogens is 404 g/mol. The highest BCUT2D eigenvalue weighted by Crippen LogP contribution is 2.19. The van der Waals surface area contributed by atoms with E-state index in [-0.39, 0.29) is 0 Å². The second-order valence-corrected chi connectivity index (χ2v) is 7.50. The third-order valence-corrected chi connectivity index (χ3v) is 5.21. The molecule has 0 atom stereocenters. The van der Waals surface area contributed by atoms with Crippen LogP contribution in [0.15, 0.2) is 53.5 Å². The van der Waals surface area contributed by atoms with Crippen LogP contribution in [0, 0.1) is 0 Å². The van der Waals surface area contributed by atoms with E-state index in [0.717, 1.165) is 68.0 Å². The molecule has 0 saturated carbocycles. The third-order valence-electron chi connectivity index (χ3n) is 5.21. The van der Waals surface area contributed by atoms with Crippen LogP contribution in [-0.2, 0) is 17.8 Å². The number of hydrogen-bond acceptors (Lipinski definition) is 5. The number of rotatable bonds is 11. The SMILES string of the molecule is CCNC(=NCc1ccccc1OCCN1CCOCC1)NCc1ccccc1OCC. The highest BCUT2D eigenvalue weighted by atomic mass is 16.5. The number of benzene rings is 2. The van der Waals surface area contributed by atoms with Crippen molar-refractivity contribution in [2.24, 2.45) is 4.99 Å². The molecule has 32 heavy (non-hydrogen) atoms. The normalized spacial score (nSPS) is 14.8. The Morgan fingerprint density at radius 2 is 1.62 bits per heavy atom. The molecule has 7 heteroatoms. The molecule has 7 nitrogen and oxygen atoms in total. The van der Waals surface area contributed by atoms with E-state index >= 15 is 0 Å². The number of aliphatic imine (C=N–C) groups is 1. The molecule has 2 N–H and O–H groups in total. The average molecular weight is 441 g/mol. The first-order valence-corrected chi connectivity index (χ1v) is 11.5. The zero-order chi connectivity index (χ0) is 22.4. The van der Waals surface area contributed by atoms with Crippen LogP contribution in [-0.4, -0.2) is 63.5 Å². The van der Waals surface area contributed by atoms with E-state index in [1.807, 2.05) is 43.3 Å². The summed E-state index contributed by atoms with van der Waals surface area (Å²) in [5.41, 5.74) is 2.17. The molecule has 1 fully saturated rings. The van der Waals surface area contributed by atoms with Crippen molar-refractivity contribution in [1.29, 1.82) is 0 Å². The quantitative estimate of drug-likeness (QED) is 0.414. The smallest absolute Gasteiger partial charge is 0.191 e. The second-order valence-electron chi connectivity index (χ2n) is 7.50. The van der Waals surface area contributed by atoms with Gasteiger partial charge >= 0.3 is 0 Å². The lowest BCUT2D eigenvalue weighted by Crippen LogP contribution is -2.38. The van der Waals surface area contributed by atoms with Crippen LogP contribution in [0.2, 0.25) is 0 Å². The summed E-state index contributed by atoms with van der Waals surface area (Å²) in [6.07, 6.45) is 0. The van der Waals surface area contributed by atoms with E-state index in [1.165, 1.54) is 0 Å². The van der Waals surface area contributed by atoms with Crippen molar-refractivity contribution in [2.45, 2.75) is 26.9 Å². The maximum Gasteiger partial charge on any atom is 0.191 e. The van der Waals surface area contributed by atoms with E-state index in [4.69, 9.17) is 19.2 Å². The van der Waals surface area contributed by atoms with Crippen LogP contribution >= 0.6 is 0 Å². The van der Waals surface area contributed by atoms with Gasteiger partial charge in [-0.15, -0.1) is 0 Å². The molecule has 2 aromatic carbocycles. The van der Waals surface area contributed by atoms with Gasteiger partial charge in [-0.1, -0.05) is 36.4 Å². The zero-order valence-corrected chi connectivity index (χ0v) is 19.3. The number of para-hydroxylation sites is 2. The lowest BCUT2D eigenvalue weighted by molar-refractivity contribution is 0.0322. The minimum Gasteiger partial charge on any atom is -0.494 e. The molecule has 2 aromatic rings. The molecule has 3 rings (SSSR count). The van der Waals surface area contributed by atoms with Crippen LogP contribution in [0.25, 0.3) is 0 Å². The maximum atomic E-state index is 6.09. The van der Waals surface area contributed by atoms with Crippen LogP contribution in [0.5, 0.6) is 11.5 Å². The van der Waals surface area contributed by atoms with Crippen molar-refractivity contribution in [3.8, 4) is 11.5 Å². The Kier molecular flexibility index (Phi) is 10.2. The largest absolute Gasteiger partial charge is 0.494 e. The molecule has 1 aliphatic heterocycles. The van der Waals surface area contributed by atoms with Gasteiger partial charge in [0.05, 0.1) is 26.4 Å². The molecule has 1 aliphatic rings. The summed E-state index contributed by atoms with van der Waals surface area (Å²) < 4.78 is 17.2. The van der Waals surface area contributed by atoms with Crippen molar-refractivity contribution < 1.29 is 14.2 Å². The number of nitrogens with zero attached hydrogens (tertiary/aromatic N) is 2.